The van der Waals surface area contributed by atoms with E-state index in [-0.39, 0.29) is 0 Å². The van der Waals surface area contributed by atoms with E-state index in [1.807, 2.05) is 0 Å². The molecule has 0 amide bonds. The molecule has 1 fully saturated rings. The van der Waals surface area contributed by atoms with Gasteiger partial charge in [-0.05, 0) is 57.5 Å². The van der Waals surface area contributed by atoms with Crippen LogP contribution in [0.15, 0.2) is 0 Å². The Balaban J connectivity index is 2.04. The second kappa shape index (κ2) is 8.92. The van der Waals surface area contributed by atoms with Gasteiger partial charge in [0.05, 0.1) is 0 Å². The lowest BCUT2D eigenvalue weighted by Gasteiger charge is -2.34. The van der Waals surface area contributed by atoms with Gasteiger partial charge in [0.25, 0.3) is 0 Å². The van der Waals surface area contributed by atoms with Crippen molar-refractivity contribution in [3.8, 4) is 0 Å². The molecule has 2 nitrogen and oxygen atoms in total. The van der Waals surface area contributed by atoms with Crippen LogP contribution in [-0.4, -0.2) is 37.6 Å². The van der Waals surface area contributed by atoms with Crippen molar-refractivity contribution >= 4 is 0 Å². The quantitative estimate of drug-likeness (QED) is 0.667. The van der Waals surface area contributed by atoms with Crippen LogP contribution in [0, 0.1) is 11.8 Å². The van der Waals surface area contributed by atoms with Crippen LogP contribution in [0.1, 0.15) is 59.3 Å². The molecule has 0 aromatic rings. The summed E-state index contributed by atoms with van der Waals surface area (Å²) < 4.78 is 0. The van der Waals surface area contributed by atoms with E-state index >= 15 is 0 Å². The van der Waals surface area contributed by atoms with E-state index < -0.39 is 0 Å². The van der Waals surface area contributed by atoms with Crippen molar-refractivity contribution in [2.45, 2.75) is 65.3 Å². The maximum atomic E-state index is 3.57. The number of likely N-dealkylation sites (N-methyl/N-ethyl adjacent to an activating group) is 1. The van der Waals surface area contributed by atoms with E-state index in [4.69, 9.17) is 0 Å². The van der Waals surface area contributed by atoms with E-state index in [2.05, 4.69) is 38.0 Å². The van der Waals surface area contributed by atoms with Crippen LogP contribution in [-0.2, 0) is 0 Å². The second-order valence-electron chi connectivity index (χ2n) is 6.50. The second-order valence-corrected chi connectivity index (χ2v) is 6.50. The minimum Gasteiger partial charge on any atom is -0.315 e. The van der Waals surface area contributed by atoms with Gasteiger partial charge in [0.1, 0.15) is 0 Å². The first-order valence-electron chi connectivity index (χ1n) is 8.04. The van der Waals surface area contributed by atoms with E-state index in [9.17, 15) is 0 Å². The SMILES string of the molecule is CCC1CCC(N(C)CCNCCC(C)C)CC1. The van der Waals surface area contributed by atoms with Crippen LogP contribution >= 0.6 is 0 Å². The average Bonchev–Trinajstić information content (AvgIpc) is 2.38. The standard InChI is InChI=1S/C16H34N2/c1-5-15-6-8-16(9-7-15)18(4)13-12-17-11-10-14(2)3/h14-17H,5-13H2,1-4H3. The Bertz CT molecular complexity index is 195. The largest absolute Gasteiger partial charge is 0.315 e. The summed E-state index contributed by atoms with van der Waals surface area (Å²) in [7, 11) is 2.31. The molecule has 0 heterocycles. The first-order chi connectivity index (χ1) is 8.63. The first-order valence-corrected chi connectivity index (χ1v) is 8.04. The summed E-state index contributed by atoms with van der Waals surface area (Å²) in [6.07, 6.45) is 8.42. The summed E-state index contributed by atoms with van der Waals surface area (Å²) in [5.41, 5.74) is 0. The number of nitrogens with one attached hydrogen (secondary N) is 1. The molecule has 0 unspecified atom stereocenters. The summed E-state index contributed by atoms with van der Waals surface area (Å²) in [4.78, 5) is 2.58. The highest BCUT2D eigenvalue weighted by Crippen LogP contribution is 2.28. The zero-order valence-electron chi connectivity index (χ0n) is 13.0. The van der Waals surface area contributed by atoms with E-state index in [1.165, 1.54) is 51.6 Å². The summed E-state index contributed by atoms with van der Waals surface area (Å²) in [5, 5.41) is 3.57. The Morgan fingerprint density at radius 3 is 2.33 bits per heavy atom. The van der Waals surface area contributed by atoms with Crippen LogP contribution in [0.25, 0.3) is 0 Å². The highest BCUT2D eigenvalue weighted by molar-refractivity contribution is 4.77. The maximum absolute atomic E-state index is 3.57. The van der Waals surface area contributed by atoms with Crippen molar-refractivity contribution in [3.05, 3.63) is 0 Å². The predicted octanol–water partition coefficient (Wildman–Crippen LogP) is 3.52. The highest BCUT2D eigenvalue weighted by atomic mass is 15.1. The summed E-state index contributed by atoms with van der Waals surface area (Å²) in [6.45, 7) is 10.5. The molecule has 0 saturated heterocycles. The average molecular weight is 254 g/mol. The zero-order valence-corrected chi connectivity index (χ0v) is 13.0. The molecule has 18 heavy (non-hydrogen) atoms. The van der Waals surface area contributed by atoms with Crippen molar-refractivity contribution < 1.29 is 0 Å². The zero-order chi connectivity index (χ0) is 13.4. The molecule has 0 atom stereocenters. The van der Waals surface area contributed by atoms with Gasteiger partial charge in [0.2, 0.25) is 0 Å². The molecule has 0 radical (unpaired) electrons. The lowest BCUT2D eigenvalue weighted by Crippen LogP contribution is -2.39. The molecule has 1 aliphatic rings. The molecular formula is C16H34N2. The fraction of sp³-hybridized carbons (Fsp3) is 1.00. The van der Waals surface area contributed by atoms with Gasteiger partial charge in [-0.1, -0.05) is 27.2 Å². The number of hydrogen-bond donors (Lipinski definition) is 1. The van der Waals surface area contributed by atoms with Gasteiger partial charge < -0.3 is 10.2 Å². The molecule has 0 bridgehead atoms. The van der Waals surface area contributed by atoms with Crippen LogP contribution in [0.5, 0.6) is 0 Å². The van der Waals surface area contributed by atoms with E-state index in [0.717, 1.165) is 24.4 Å². The molecule has 108 valence electrons. The van der Waals surface area contributed by atoms with Crippen LogP contribution in [0.2, 0.25) is 0 Å². The first kappa shape index (κ1) is 16.0. The van der Waals surface area contributed by atoms with Crippen molar-refractivity contribution in [3.63, 3.8) is 0 Å². The number of nitrogens with zero attached hydrogens (tertiary/aromatic N) is 1. The summed E-state index contributed by atoms with van der Waals surface area (Å²) in [6, 6.07) is 0.847. The number of hydrogen-bond acceptors (Lipinski definition) is 2. The molecule has 2 heteroatoms. The molecule has 1 rings (SSSR count). The Morgan fingerprint density at radius 2 is 1.78 bits per heavy atom. The van der Waals surface area contributed by atoms with Gasteiger partial charge in [0, 0.05) is 19.1 Å². The fourth-order valence-corrected chi connectivity index (χ4v) is 2.95. The molecule has 1 saturated carbocycles. The van der Waals surface area contributed by atoms with Crippen molar-refractivity contribution in [2.24, 2.45) is 11.8 Å². The smallest absolute Gasteiger partial charge is 0.0107 e. The fourth-order valence-electron chi connectivity index (χ4n) is 2.95. The van der Waals surface area contributed by atoms with Gasteiger partial charge in [-0.2, -0.15) is 0 Å². The molecular weight excluding hydrogens is 220 g/mol. The predicted molar refractivity (Wildman–Crippen MR) is 81.0 cm³/mol. The van der Waals surface area contributed by atoms with Crippen molar-refractivity contribution in [1.29, 1.82) is 0 Å². The third-order valence-electron chi connectivity index (χ3n) is 4.56. The topological polar surface area (TPSA) is 15.3 Å². The molecule has 0 spiro atoms. The van der Waals surface area contributed by atoms with Gasteiger partial charge >= 0.3 is 0 Å². The maximum Gasteiger partial charge on any atom is 0.0107 e. The Morgan fingerprint density at radius 1 is 1.11 bits per heavy atom. The third kappa shape index (κ3) is 6.19. The van der Waals surface area contributed by atoms with E-state index in [1.54, 1.807) is 0 Å². The summed E-state index contributed by atoms with van der Waals surface area (Å²) >= 11 is 0. The Kier molecular flexibility index (Phi) is 7.92. The van der Waals surface area contributed by atoms with Crippen LogP contribution < -0.4 is 5.32 Å². The van der Waals surface area contributed by atoms with Crippen molar-refractivity contribution in [2.75, 3.05) is 26.7 Å². The van der Waals surface area contributed by atoms with Gasteiger partial charge in [-0.15, -0.1) is 0 Å². The molecule has 0 aliphatic heterocycles. The van der Waals surface area contributed by atoms with Gasteiger partial charge in [-0.25, -0.2) is 0 Å². The number of rotatable bonds is 8. The Hall–Kier alpha value is -0.0800. The minimum absolute atomic E-state index is 0.819. The third-order valence-corrected chi connectivity index (χ3v) is 4.56. The van der Waals surface area contributed by atoms with Crippen LogP contribution in [0.4, 0.5) is 0 Å². The van der Waals surface area contributed by atoms with Crippen LogP contribution in [0.3, 0.4) is 0 Å². The molecule has 1 aliphatic carbocycles. The lowest BCUT2D eigenvalue weighted by molar-refractivity contribution is 0.164. The van der Waals surface area contributed by atoms with Gasteiger partial charge in [-0.3, -0.25) is 0 Å². The normalized spacial score (nSPS) is 25.0. The Labute approximate surface area is 115 Å². The molecule has 0 aromatic carbocycles. The monoisotopic (exact) mass is 254 g/mol. The molecule has 1 N–H and O–H groups in total. The van der Waals surface area contributed by atoms with Crippen molar-refractivity contribution in [1.82, 2.24) is 10.2 Å². The highest BCUT2D eigenvalue weighted by Gasteiger charge is 2.22. The minimum atomic E-state index is 0.819. The molecule has 0 aromatic heterocycles. The van der Waals surface area contributed by atoms with Gasteiger partial charge in [0.15, 0.2) is 0 Å². The van der Waals surface area contributed by atoms with E-state index in [0.29, 0.717) is 0 Å². The summed E-state index contributed by atoms with van der Waals surface area (Å²) in [5.74, 6) is 1.83. The lowest BCUT2D eigenvalue weighted by atomic mass is 9.84.